The molecule has 9 aromatic rings. The molecule has 0 aliphatic heterocycles. The molecule has 0 saturated carbocycles. The van der Waals surface area contributed by atoms with E-state index in [0.717, 1.165) is 0 Å². The van der Waals surface area contributed by atoms with Gasteiger partial charge in [-0.3, -0.25) is 0 Å². The second-order valence-corrected chi connectivity index (χ2v) is 14.1. The molecule has 0 fully saturated rings. The summed E-state index contributed by atoms with van der Waals surface area (Å²) in [6.45, 7) is 4.75. The topological polar surface area (TPSA) is 0 Å². The second kappa shape index (κ2) is 10.5. The van der Waals surface area contributed by atoms with E-state index in [2.05, 4.69) is 184 Å². The molecule has 0 bridgehead atoms. The van der Waals surface area contributed by atoms with Crippen molar-refractivity contribution in [2.45, 2.75) is 19.3 Å². The van der Waals surface area contributed by atoms with Crippen molar-refractivity contribution in [1.29, 1.82) is 0 Å². The summed E-state index contributed by atoms with van der Waals surface area (Å²) >= 11 is 0. The summed E-state index contributed by atoms with van der Waals surface area (Å²) in [6.07, 6.45) is 0. The predicted octanol–water partition coefficient (Wildman–Crippen LogP) is 13.6. The zero-order valence-corrected chi connectivity index (χ0v) is 27.7. The molecule has 1 aliphatic carbocycles. The molecule has 230 valence electrons. The van der Waals surface area contributed by atoms with E-state index in [4.69, 9.17) is 0 Å². The molecule has 10 rings (SSSR count). The Balaban J connectivity index is 1.26. The summed E-state index contributed by atoms with van der Waals surface area (Å²) in [7, 11) is 0. The second-order valence-electron chi connectivity index (χ2n) is 14.1. The molecule has 0 amide bonds. The zero-order chi connectivity index (χ0) is 32.7. The smallest absolute Gasteiger partial charge is 0.0159 e. The lowest BCUT2D eigenvalue weighted by molar-refractivity contribution is 0.661. The highest BCUT2D eigenvalue weighted by Crippen LogP contribution is 2.52. The molecule has 0 unspecified atom stereocenters. The van der Waals surface area contributed by atoms with Crippen LogP contribution in [0, 0.1) is 0 Å². The average molecular weight is 623 g/mol. The van der Waals surface area contributed by atoms with Crippen LogP contribution in [0.4, 0.5) is 0 Å². The first-order valence-electron chi connectivity index (χ1n) is 17.3. The van der Waals surface area contributed by atoms with E-state index >= 15 is 0 Å². The van der Waals surface area contributed by atoms with E-state index in [1.54, 1.807) is 0 Å². The molecule has 9 aromatic carbocycles. The maximum absolute atomic E-state index is 2.47. The first-order valence-corrected chi connectivity index (χ1v) is 17.3. The molecule has 0 saturated heterocycles. The van der Waals surface area contributed by atoms with Gasteiger partial charge < -0.3 is 0 Å². The minimum atomic E-state index is -0.0617. The van der Waals surface area contributed by atoms with Crippen LogP contribution in [0.25, 0.3) is 87.6 Å². The Hall–Kier alpha value is -5.98. The summed E-state index contributed by atoms with van der Waals surface area (Å²) < 4.78 is 0. The van der Waals surface area contributed by atoms with Crippen LogP contribution in [-0.2, 0) is 5.41 Å². The third-order valence-electron chi connectivity index (χ3n) is 11.0. The van der Waals surface area contributed by atoms with Crippen molar-refractivity contribution in [1.82, 2.24) is 0 Å². The lowest BCUT2D eigenvalue weighted by Gasteiger charge is -2.22. The van der Waals surface area contributed by atoms with Crippen LogP contribution in [0.3, 0.4) is 0 Å². The minimum absolute atomic E-state index is 0.0617. The van der Waals surface area contributed by atoms with Crippen molar-refractivity contribution >= 4 is 43.1 Å². The molecule has 0 spiro atoms. The third kappa shape index (κ3) is 4.17. The minimum Gasteiger partial charge on any atom is -0.0622 e. The molecular weight excluding hydrogens is 589 g/mol. The molecule has 0 atom stereocenters. The van der Waals surface area contributed by atoms with E-state index in [-0.39, 0.29) is 5.41 Å². The molecule has 0 nitrogen and oxygen atoms in total. The van der Waals surface area contributed by atoms with Crippen molar-refractivity contribution in [3.8, 4) is 44.5 Å². The highest BCUT2D eigenvalue weighted by Gasteiger charge is 2.36. The van der Waals surface area contributed by atoms with Crippen molar-refractivity contribution in [3.63, 3.8) is 0 Å². The van der Waals surface area contributed by atoms with Gasteiger partial charge in [-0.25, -0.2) is 0 Å². The number of fused-ring (bicyclic) bond motifs is 7. The van der Waals surface area contributed by atoms with Crippen molar-refractivity contribution in [3.05, 3.63) is 181 Å². The van der Waals surface area contributed by atoms with E-state index in [1.807, 2.05) is 0 Å². The van der Waals surface area contributed by atoms with E-state index < -0.39 is 0 Å². The van der Waals surface area contributed by atoms with Gasteiger partial charge in [0.2, 0.25) is 0 Å². The molecule has 0 N–H and O–H groups in total. The van der Waals surface area contributed by atoms with Gasteiger partial charge in [0.15, 0.2) is 0 Å². The maximum Gasteiger partial charge on any atom is 0.0159 e. The summed E-state index contributed by atoms with van der Waals surface area (Å²) in [6, 6.07) is 63.2. The Labute approximate surface area is 286 Å². The van der Waals surface area contributed by atoms with Crippen LogP contribution in [0.5, 0.6) is 0 Å². The lowest BCUT2D eigenvalue weighted by Crippen LogP contribution is -2.14. The monoisotopic (exact) mass is 622 g/mol. The third-order valence-corrected chi connectivity index (χ3v) is 11.0. The van der Waals surface area contributed by atoms with E-state index in [9.17, 15) is 0 Å². The highest BCUT2D eigenvalue weighted by molar-refractivity contribution is 6.22. The van der Waals surface area contributed by atoms with Crippen LogP contribution in [0.2, 0.25) is 0 Å². The van der Waals surface area contributed by atoms with Crippen LogP contribution in [0.15, 0.2) is 170 Å². The predicted molar refractivity (Wildman–Crippen MR) is 210 cm³/mol. The van der Waals surface area contributed by atoms with Crippen LogP contribution in [0.1, 0.15) is 25.0 Å². The number of benzene rings is 9. The summed E-state index contributed by atoms with van der Waals surface area (Å²) in [5.41, 5.74) is 13.0. The first kappa shape index (κ1) is 28.1. The van der Waals surface area contributed by atoms with Gasteiger partial charge in [0, 0.05) is 5.41 Å². The lowest BCUT2D eigenvalue weighted by atomic mass is 9.81. The van der Waals surface area contributed by atoms with Crippen LogP contribution >= 0.6 is 0 Å². The average Bonchev–Trinajstić information content (AvgIpc) is 3.37. The number of rotatable bonds is 3. The number of hydrogen-bond acceptors (Lipinski definition) is 0. The van der Waals surface area contributed by atoms with E-state index in [1.165, 1.54) is 98.7 Å². The van der Waals surface area contributed by atoms with Gasteiger partial charge in [-0.05, 0) is 129 Å². The molecule has 1 aliphatic rings. The Morgan fingerprint density at radius 3 is 1.45 bits per heavy atom. The van der Waals surface area contributed by atoms with Gasteiger partial charge in [0.05, 0.1) is 0 Å². The molecule has 0 radical (unpaired) electrons. The molecular formula is C49H34. The van der Waals surface area contributed by atoms with E-state index in [0.29, 0.717) is 0 Å². The maximum atomic E-state index is 2.47. The Morgan fingerprint density at radius 2 is 0.796 bits per heavy atom. The first-order chi connectivity index (χ1) is 24.1. The fraction of sp³-hybridized carbons (Fsp3) is 0.0612. The van der Waals surface area contributed by atoms with Crippen LogP contribution in [-0.4, -0.2) is 0 Å². The van der Waals surface area contributed by atoms with Crippen molar-refractivity contribution in [2.24, 2.45) is 0 Å². The fourth-order valence-corrected chi connectivity index (χ4v) is 8.65. The molecule has 49 heavy (non-hydrogen) atoms. The largest absolute Gasteiger partial charge is 0.0622 e. The normalized spacial score (nSPS) is 13.3. The molecule has 0 heteroatoms. The van der Waals surface area contributed by atoms with Crippen molar-refractivity contribution in [2.75, 3.05) is 0 Å². The van der Waals surface area contributed by atoms with Gasteiger partial charge >= 0.3 is 0 Å². The Morgan fingerprint density at radius 1 is 0.306 bits per heavy atom. The highest BCUT2D eigenvalue weighted by atomic mass is 14.4. The van der Waals surface area contributed by atoms with Gasteiger partial charge in [0.1, 0.15) is 0 Å². The standard InChI is InChI=1S/C49H34/c1-49(2)45-25-24-35(28-43(45)44-27-32-16-6-7-17-33(32)30-46(44)49)47-38-20-10-12-22-40(38)48(41-23-13-11-21-39(41)47)36-26-34-18-8-9-19-37(34)42(29-36)31-14-4-3-5-15-31/h3-30H,1-2H3. The fourth-order valence-electron chi connectivity index (χ4n) is 8.65. The Kier molecular flexibility index (Phi) is 6.02. The summed E-state index contributed by atoms with van der Waals surface area (Å²) in [5.74, 6) is 0. The van der Waals surface area contributed by atoms with Crippen molar-refractivity contribution < 1.29 is 0 Å². The molecule has 0 aromatic heterocycles. The number of hydrogen-bond donors (Lipinski definition) is 0. The van der Waals surface area contributed by atoms with Gasteiger partial charge in [-0.15, -0.1) is 0 Å². The SMILES string of the molecule is CC1(C)c2ccc(-c3c4ccccc4c(-c4cc(-c5ccccc5)c5ccccc5c4)c4ccccc34)cc2-c2cc3ccccc3cc21. The van der Waals surface area contributed by atoms with Gasteiger partial charge in [-0.1, -0.05) is 153 Å². The van der Waals surface area contributed by atoms with Crippen LogP contribution < -0.4 is 0 Å². The summed E-state index contributed by atoms with van der Waals surface area (Å²) in [4.78, 5) is 0. The Bertz CT molecular complexity index is 2720. The van der Waals surface area contributed by atoms with Gasteiger partial charge in [0.25, 0.3) is 0 Å². The zero-order valence-electron chi connectivity index (χ0n) is 27.7. The quantitative estimate of drug-likeness (QED) is 0.172. The summed E-state index contributed by atoms with van der Waals surface area (Å²) in [5, 5.41) is 10.2. The molecule has 0 heterocycles. The van der Waals surface area contributed by atoms with Gasteiger partial charge in [-0.2, -0.15) is 0 Å².